The van der Waals surface area contributed by atoms with Crippen LogP contribution in [0.5, 0.6) is 0 Å². The van der Waals surface area contributed by atoms with Crippen LogP contribution in [0.3, 0.4) is 0 Å². The molecule has 7 heteroatoms. The van der Waals surface area contributed by atoms with Gasteiger partial charge in [0.1, 0.15) is 0 Å². The van der Waals surface area contributed by atoms with Crippen LogP contribution in [0.15, 0.2) is 35.5 Å². The Bertz CT molecular complexity index is 686. The van der Waals surface area contributed by atoms with E-state index < -0.39 is 10.0 Å². The van der Waals surface area contributed by atoms with Crippen molar-refractivity contribution in [2.24, 2.45) is 0 Å². The standard InChI is InChI=1S/C14H20N4O2S/c1-11-9-13(15)10-12(2)14(11)21(19,20)17-6-4-8-18-7-3-5-16-18/h3,5,7,9-10,17H,4,6,8,15H2,1-2H3. The highest BCUT2D eigenvalue weighted by Gasteiger charge is 2.19. The van der Waals surface area contributed by atoms with Gasteiger partial charge in [-0.05, 0) is 49.6 Å². The van der Waals surface area contributed by atoms with Crippen molar-refractivity contribution in [3.8, 4) is 0 Å². The third-order valence-corrected chi connectivity index (χ3v) is 4.93. The van der Waals surface area contributed by atoms with Crippen LogP contribution in [0.4, 0.5) is 5.69 Å². The molecule has 0 aliphatic carbocycles. The van der Waals surface area contributed by atoms with Crippen molar-refractivity contribution >= 4 is 15.7 Å². The first-order valence-electron chi connectivity index (χ1n) is 6.74. The Hall–Kier alpha value is -1.86. The number of hydrogen-bond donors (Lipinski definition) is 2. The number of sulfonamides is 1. The Balaban J connectivity index is 2.02. The van der Waals surface area contributed by atoms with Gasteiger partial charge < -0.3 is 5.73 Å². The number of anilines is 1. The Labute approximate surface area is 125 Å². The molecule has 2 rings (SSSR count). The number of hydrogen-bond acceptors (Lipinski definition) is 4. The molecule has 0 saturated carbocycles. The van der Waals surface area contributed by atoms with Gasteiger partial charge in [-0.3, -0.25) is 4.68 Å². The van der Waals surface area contributed by atoms with E-state index in [1.807, 2.05) is 12.3 Å². The maximum Gasteiger partial charge on any atom is 0.241 e. The lowest BCUT2D eigenvalue weighted by molar-refractivity contribution is 0.552. The summed E-state index contributed by atoms with van der Waals surface area (Å²) in [5.41, 5.74) is 7.61. The van der Waals surface area contributed by atoms with Crippen molar-refractivity contribution in [1.82, 2.24) is 14.5 Å². The van der Waals surface area contributed by atoms with E-state index in [0.29, 0.717) is 41.2 Å². The zero-order valence-electron chi connectivity index (χ0n) is 12.2. The fourth-order valence-electron chi connectivity index (χ4n) is 2.36. The van der Waals surface area contributed by atoms with Gasteiger partial charge in [0.2, 0.25) is 10.0 Å². The molecule has 0 radical (unpaired) electrons. The van der Waals surface area contributed by atoms with Crippen LogP contribution >= 0.6 is 0 Å². The van der Waals surface area contributed by atoms with Crippen molar-refractivity contribution < 1.29 is 8.42 Å². The van der Waals surface area contributed by atoms with E-state index in [0.717, 1.165) is 0 Å². The summed E-state index contributed by atoms with van der Waals surface area (Å²) in [5, 5.41) is 4.07. The minimum Gasteiger partial charge on any atom is -0.399 e. The molecule has 0 spiro atoms. The number of nitrogen functional groups attached to an aromatic ring is 1. The molecule has 0 aliphatic heterocycles. The van der Waals surface area contributed by atoms with Crippen LogP contribution in [0.2, 0.25) is 0 Å². The van der Waals surface area contributed by atoms with Gasteiger partial charge in [-0.2, -0.15) is 5.10 Å². The Kier molecular flexibility index (Phi) is 4.64. The monoisotopic (exact) mass is 308 g/mol. The van der Waals surface area contributed by atoms with Gasteiger partial charge in [-0.25, -0.2) is 13.1 Å². The summed E-state index contributed by atoms with van der Waals surface area (Å²) in [5.74, 6) is 0. The number of aryl methyl sites for hydroxylation is 3. The van der Waals surface area contributed by atoms with E-state index in [1.165, 1.54) is 0 Å². The molecule has 2 aromatic rings. The molecule has 0 unspecified atom stereocenters. The SMILES string of the molecule is Cc1cc(N)cc(C)c1S(=O)(=O)NCCCn1cccn1. The summed E-state index contributed by atoms with van der Waals surface area (Å²) in [6.45, 7) is 4.55. The molecule has 21 heavy (non-hydrogen) atoms. The topological polar surface area (TPSA) is 90.0 Å². The molecule has 114 valence electrons. The lowest BCUT2D eigenvalue weighted by Crippen LogP contribution is -2.27. The van der Waals surface area contributed by atoms with Crippen molar-refractivity contribution in [2.75, 3.05) is 12.3 Å². The molecule has 1 aromatic carbocycles. The Morgan fingerprint density at radius 1 is 1.29 bits per heavy atom. The normalized spacial score (nSPS) is 11.7. The highest BCUT2D eigenvalue weighted by atomic mass is 32.2. The van der Waals surface area contributed by atoms with Crippen LogP contribution in [-0.4, -0.2) is 24.7 Å². The molecular weight excluding hydrogens is 288 g/mol. The van der Waals surface area contributed by atoms with Crippen molar-refractivity contribution in [1.29, 1.82) is 0 Å². The van der Waals surface area contributed by atoms with Crippen molar-refractivity contribution in [3.05, 3.63) is 41.7 Å². The second-order valence-corrected chi connectivity index (χ2v) is 6.71. The van der Waals surface area contributed by atoms with Gasteiger partial charge in [0, 0.05) is 31.2 Å². The lowest BCUT2D eigenvalue weighted by Gasteiger charge is -2.13. The van der Waals surface area contributed by atoms with Crippen molar-refractivity contribution in [2.45, 2.75) is 31.7 Å². The maximum absolute atomic E-state index is 12.4. The second kappa shape index (κ2) is 6.28. The van der Waals surface area contributed by atoms with Gasteiger partial charge in [-0.1, -0.05) is 0 Å². The van der Waals surface area contributed by atoms with Gasteiger partial charge in [0.05, 0.1) is 4.90 Å². The third-order valence-electron chi connectivity index (χ3n) is 3.17. The summed E-state index contributed by atoms with van der Waals surface area (Å²) in [6, 6.07) is 5.18. The minimum absolute atomic E-state index is 0.316. The summed E-state index contributed by atoms with van der Waals surface area (Å²) < 4.78 is 29.1. The smallest absolute Gasteiger partial charge is 0.241 e. The number of nitrogens with one attached hydrogen (secondary N) is 1. The minimum atomic E-state index is -3.51. The lowest BCUT2D eigenvalue weighted by atomic mass is 10.1. The molecule has 0 aliphatic rings. The summed E-state index contributed by atoms with van der Waals surface area (Å²) >= 11 is 0. The predicted molar refractivity (Wildman–Crippen MR) is 82.4 cm³/mol. The molecule has 0 bridgehead atoms. The van der Waals surface area contributed by atoms with E-state index in [1.54, 1.807) is 36.9 Å². The summed E-state index contributed by atoms with van der Waals surface area (Å²) in [7, 11) is -3.51. The van der Waals surface area contributed by atoms with Gasteiger partial charge in [0.15, 0.2) is 0 Å². The van der Waals surface area contributed by atoms with Gasteiger partial charge >= 0.3 is 0 Å². The number of benzene rings is 1. The molecular formula is C14H20N4O2S. The Morgan fingerprint density at radius 2 is 1.95 bits per heavy atom. The molecule has 1 aromatic heterocycles. The third kappa shape index (κ3) is 3.83. The van der Waals surface area contributed by atoms with Gasteiger partial charge in [-0.15, -0.1) is 0 Å². The van der Waals surface area contributed by atoms with E-state index >= 15 is 0 Å². The number of nitrogens with two attached hydrogens (primary N) is 1. The highest BCUT2D eigenvalue weighted by molar-refractivity contribution is 7.89. The molecule has 0 amide bonds. The summed E-state index contributed by atoms with van der Waals surface area (Å²) in [4.78, 5) is 0.316. The molecule has 6 nitrogen and oxygen atoms in total. The predicted octanol–water partition coefficient (Wildman–Crippen LogP) is 1.45. The first-order chi connectivity index (χ1) is 9.90. The number of nitrogens with zero attached hydrogens (tertiary/aromatic N) is 2. The molecule has 3 N–H and O–H groups in total. The number of aromatic nitrogens is 2. The van der Waals surface area contributed by atoms with Gasteiger partial charge in [0.25, 0.3) is 0 Å². The number of rotatable bonds is 6. The molecule has 0 atom stereocenters. The van der Waals surface area contributed by atoms with E-state index in [-0.39, 0.29) is 0 Å². The average Bonchev–Trinajstić information content (AvgIpc) is 2.86. The fraction of sp³-hybridized carbons (Fsp3) is 0.357. The van der Waals surface area contributed by atoms with Crippen LogP contribution < -0.4 is 10.5 Å². The molecule has 1 heterocycles. The van der Waals surface area contributed by atoms with Crippen LogP contribution in [-0.2, 0) is 16.6 Å². The maximum atomic E-state index is 12.4. The molecule has 0 saturated heterocycles. The van der Waals surface area contributed by atoms with E-state index in [4.69, 9.17) is 5.73 Å². The highest BCUT2D eigenvalue weighted by Crippen LogP contribution is 2.22. The van der Waals surface area contributed by atoms with Crippen LogP contribution in [0.1, 0.15) is 17.5 Å². The first-order valence-corrected chi connectivity index (χ1v) is 8.22. The average molecular weight is 308 g/mol. The summed E-state index contributed by atoms with van der Waals surface area (Å²) in [6.07, 6.45) is 4.22. The van der Waals surface area contributed by atoms with E-state index in [9.17, 15) is 8.42 Å². The fourth-order valence-corrected chi connectivity index (χ4v) is 3.88. The zero-order valence-corrected chi connectivity index (χ0v) is 13.0. The Morgan fingerprint density at radius 3 is 2.52 bits per heavy atom. The first kappa shape index (κ1) is 15.5. The quantitative estimate of drug-likeness (QED) is 0.624. The zero-order chi connectivity index (χ0) is 15.5. The second-order valence-electron chi connectivity index (χ2n) is 5.00. The largest absolute Gasteiger partial charge is 0.399 e. The van der Waals surface area contributed by atoms with Crippen molar-refractivity contribution in [3.63, 3.8) is 0 Å². The van der Waals surface area contributed by atoms with Crippen LogP contribution in [0.25, 0.3) is 0 Å². The molecule has 0 fully saturated rings. The van der Waals surface area contributed by atoms with E-state index in [2.05, 4.69) is 9.82 Å². The van der Waals surface area contributed by atoms with Crippen LogP contribution in [0, 0.1) is 13.8 Å².